The van der Waals surface area contributed by atoms with E-state index in [0.717, 1.165) is 0 Å². The summed E-state index contributed by atoms with van der Waals surface area (Å²) in [6.45, 7) is 1.48. The van der Waals surface area contributed by atoms with Gasteiger partial charge in [0, 0.05) is 25.8 Å². The Morgan fingerprint density at radius 2 is 2.10 bits per heavy atom. The number of hydrogen-bond acceptors (Lipinski definition) is 5. The number of nitrogens with zero attached hydrogens (tertiary/aromatic N) is 2. The molecule has 0 aliphatic carbocycles. The highest BCUT2D eigenvalue weighted by Gasteiger charge is 2.23. The Labute approximate surface area is 116 Å². The first-order chi connectivity index (χ1) is 9.49. The van der Waals surface area contributed by atoms with Crippen LogP contribution < -0.4 is 4.72 Å². The van der Waals surface area contributed by atoms with Gasteiger partial charge in [0.1, 0.15) is 5.69 Å². The van der Waals surface area contributed by atoms with E-state index >= 15 is 0 Å². The molecule has 20 heavy (non-hydrogen) atoms. The first-order valence-corrected chi connectivity index (χ1v) is 7.44. The van der Waals surface area contributed by atoms with Crippen molar-refractivity contribution in [3.63, 3.8) is 0 Å². The molecule has 0 unspecified atom stereocenters. The molecule has 110 valence electrons. The Balaban J connectivity index is 1.95. The molecule has 1 aromatic rings. The zero-order chi connectivity index (χ0) is 14.6. The fraction of sp³-hybridized carbons (Fsp3) is 0.455. The molecule has 0 atom stereocenters. The quantitative estimate of drug-likeness (QED) is 0.755. The topological polar surface area (TPSA) is 109 Å². The minimum Gasteiger partial charge on any atom is -0.477 e. The highest BCUT2D eigenvalue weighted by molar-refractivity contribution is 7.87. The molecule has 0 spiro atoms. The number of carboxylic acids is 1. The third kappa shape index (κ3) is 3.73. The number of aromatic carboxylic acids is 1. The molecule has 0 aromatic carbocycles. The van der Waals surface area contributed by atoms with E-state index in [1.807, 2.05) is 0 Å². The molecule has 1 saturated heterocycles. The van der Waals surface area contributed by atoms with Crippen LogP contribution >= 0.6 is 0 Å². The maximum Gasteiger partial charge on any atom is 0.354 e. The van der Waals surface area contributed by atoms with Crippen LogP contribution in [0.25, 0.3) is 0 Å². The zero-order valence-corrected chi connectivity index (χ0v) is 11.5. The summed E-state index contributed by atoms with van der Waals surface area (Å²) in [6, 6.07) is 2.86. The van der Waals surface area contributed by atoms with Crippen molar-refractivity contribution in [3.8, 4) is 0 Å². The van der Waals surface area contributed by atoms with Crippen molar-refractivity contribution in [3.05, 3.63) is 29.6 Å². The number of carbonyl (C=O) groups is 1. The second kappa shape index (κ2) is 6.27. The Kier molecular flexibility index (Phi) is 4.65. The van der Waals surface area contributed by atoms with Gasteiger partial charge in [-0.3, -0.25) is 0 Å². The molecule has 2 rings (SSSR count). The maximum absolute atomic E-state index is 12.0. The average molecular weight is 301 g/mol. The van der Waals surface area contributed by atoms with E-state index in [4.69, 9.17) is 9.84 Å². The smallest absolute Gasteiger partial charge is 0.354 e. The number of nitrogens with one attached hydrogen (secondary N) is 1. The molecular formula is C11H15N3O5S. The average Bonchev–Trinajstić information content (AvgIpc) is 2.46. The molecule has 1 aliphatic heterocycles. The lowest BCUT2D eigenvalue weighted by atomic mass is 10.2. The van der Waals surface area contributed by atoms with Gasteiger partial charge < -0.3 is 9.84 Å². The largest absolute Gasteiger partial charge is 0.477 e. The van der Waals surface area contributed by atoms with Crippen LogP contribution in [0.4, 0.5) is 0 Å². The zero-order valence-electron chi connectivity index (χ0n) is 10.7. The van der Waals surface area contributed by atoms with E-state index in [1.54, 1.807) is 0 Å². The molecule has 0 radical (unpaired) electrons. The first kappa shape index (κ1) is 14.9. The second-order valence-corrected chi connectivity index (χ2v) is 5.95. The molecule has 9 heteroatoms. The normalized spacial score (nSPS) is 17.0. The Hall–Kier alpha value is -1.55. The fourth-order valence-corrected chi connectivity index (χ4v) is 2.87. The number of morpholine rings is 1. The Morgan fingerprint density at radius 3 is 2.65 bits per heavy atom. The lowest BCUT2D eigenvalue weighted by molar-refractivity contribution is 0.0690. The van der Waals surface area contributed by atoms with Crippen molar-refractivity contribution in [2.45, 2.75) is 6.54 Å². The monoisotopic (exact) mass is 301 g/mol. The fourth-order valence-electron chi connectivity index (χ4n) is 1.71. The van der Waals surface area contributed by atoms with E-state index in [1.165, 1.54) is 22.6 Å². The van der Waals surface area contributed by atoms with Gasteiger partial charge in [0.15, 0.2) is 0 Å². The van der Waals surface area contributed by atoms with E-state index in [0.29, 0.717) is 31.9 Å². The highest BCUT2D eigenvalue weighted by atomic mass is 32.2. The number of rotatable bonds is 5. The van der Waals surface area contributed by atoms with E-state index in [2.05, 4.69) is 9.71 Å². The van der Waals surface area contributed by atoms with Crippen molar-refractivity contribution in [1.82, 2.24) is 14.0 Å². The van der Waals surface area contributed by atoms with Crippen molar-refractivity contribution in [1.29, 1.82) is 0 Å². The summed E-state index contributed by atoms with van der Waals surface area (Å²) >= 11 is 0. The molecule has 1 aliphatic rings. The van der Waals surface area contributed by atoms with Gasteiger partial charge in [-0.2, -0.15) is 17.4 Å². The van der Waals surface area contributed by atoms with E-state index in [-0.39, 0.29) is 12.2 Å². The summed E-state index contributed by atoms with van der Waals surface area (Å²) in [7, 11) is -3.55. The highest BCUT2D eigenvalue weighted by Crippen LogP contribution is 2.05. The van der Waals surface area contributed by atoms with Crippen LogP contribution in [0.15, 0.2) is 18.3 Å². The summed E-state index contributed by atoms with van der Waals surface area (Å²) in [6.07, 6.45) is 1.34. The van der Waals surface area contributed by atoms with Crippen LogP contribution in [0, 0.1) is 0 Å². The molecule has 0 bridgehead atoms. The van der Waals surface area contributed by atoms with E-state index < -0.39 is 16.2 Å². The molecule has 2 heterocycles. The Bertz CT molecular complexity index is 566. The van der Waals surface area contributed by atoms with Crippen LogP contribution in [0.2, 0.25) is 0 Å². The van der Waals surface area contributed by atoms with Crippen molar-refractivity contribution in [2.75, 3.05) is 26.3 Å². The van der Waals surface area contributed by atoms with Crippen LogP contribution in [0.1, 0.15) is 16.1 Å². The number of pyridine rings is 1. The van der Waals surface area contributed by atoms with Crippen LogP contribution in [0.5, 0.6) is 0 Å². The van der Waals surface area contributed by atoms with Crippen molar-refractivity contribution < 1.29 is 23.1 Å². The third-order valence-electron chi connectivity index (χ3n) is 2.81. The predicted molar refractivity (Wildman–Crippen MR) is 69.3 cm³/mol. The van der Waals surface area contributed by atoms with Gasteiger partial charge in [-0.25, -0.2) is 9.78 Å². The van der Waals surface area contributed by atoms with Gasteiger partial charge in [0.05, 0.1) is 13.2 Å². The lowest BCUT2D eigenvalue weighted by Gasteiger charge is -2.26. The lowest BCUT2D eigenvalue weighted by Crippen LogP contribution is -2.46. The summed E-state index contributed by atoms with van der Waals surface area (Å²) in [5.74, 6) is -1.12. The second-order valence-electron chi connectivity index (χ2n) is 4.19. The van der Waals surface area contributed by atoms with Crippen LogP contribution in [-0.4, -0.2) is 55.1 Å². The number of ether oxygens (including phenoxy) is 1. The molecular weight excluding hydrogens is 286 g/mol. The van der Waals surface area contributed by atoms with Gasteiger partial charge in [-0.1, -0.05) is 6.07 Å². The van der Waals surface area contributed by atoms with E-state index in [9.17, 15) is 13.2 Å². The maximum atomic E-state index is 12.0. The van der Waals surface area contributed by atoms with Crippen molar-refractivity contribution >= 4 is 16.2 Å². The third-order valence-corrected chi connectivity index (χ3v) is 4.37. The number of aromatic nitrogens is 1. The van der Waals surface area contributed by atoms with Gasteiger partial charge in [-0.15, -0.1) is 0 Å². The van der Waals surface area contributed by atoms with Gasteiger partial charge >= 0.3 is 5.97 Å². The van der Waals surface area contributed by atoms with Gasteiger partial charge in [0.2, 0.25) is 0 Å². The molecule has 0 saturated carbocycles. The first-order valence-electron chi connectivity index (χ1n) is 6.00. The molecule has 8 nitrogen and oxygen atoms in total. The molecule has 1 aromatic heterocycles. The van der Waals surface area contributed by atoms with Gasteiger partial charge in [-0.05, 0) is 11.6 Å². The van der Waals surface area contributed by atoms with Crippen molar-refractivity contribution in [2.24, 2.45) is 0 Å². The van der Waals surface area contributed by atoms with Crippen LogP contribution in [-0.2, 0) is 21.5 Å². The summed E-state index contributed by atoms with van der Waals surface area (Å²) in [4.78, 5) is 14.4. The summed E-state index contributed by atoms with van der Waals surface area (Å²) in [5.41, 5.74) is 0.511. The standard InChI is InChI=1S/C11H15N3O5S/c15-11(16)10-2-1-9(7-12-10)8-13-20(17,18)14-3-5-19-6-4-14/h1-2,7,13H,3-6,8H2,(H,15,16). The number of hydrogen-bond donors (Lipinski definition) is 2. The van der Waals surface area contributed by atoms with Gasteiger partial charge in [0.25, 0.3) is 10.2 Å². The molecule has 0 amide bonds. The minimum atomic E-state index is -3.55. The number of carboxylic acid groups (broad SMARTS) is 1. The van der Waals surface area contributed by atoms with Crippen LogP contribution in [0.3, 0.4) is 0 Å². The summed E-state index contributed by atoms with van der Waals surface area (Å²) in [5, 5.41) is 8.71. The molecule has 1 fully saturated rings. The predicted octanol–water partition coefficient (Wildman–Crippen LogP) is -0.554. The molecule has 2 N–H and O–H groups in total. The summed E-state index contributed by atoms with van der Waals surface area (Å²) < 4.78 is 32.8. The minimum absolute atomic E-state index is 0.0621. The SMILES string of the molecule is O=C(O)c1ccc(CNS(=O)(=O)N2CCOCC2)cn1. The Morgan fingerprint density at radius 1 is 1.40 bits per heavy atom.